The number of morpholine rings is 1. The lowest BCUT2D eigenvalue weighted by Crippen LogP contribution is -2.45. The van der Waals surface area contributed by atoms with Crippen LogP contribution in [0.3, 0.4) is 0 Å². The van der Waals surface area contributed by atoms with Gasteiger partial charge in [0, 0.05) is 24.2 Å². The lowest BCUT2D eigenvalue weighted by atomic mass is 10.2. The molecule has 0 amide bonds. The predicted molar refractivity (Wildman–Crippen MR) is 96.9 cm³/mol. The van der Waals surface area contributed by atoms with Crippen LogP contribution < -0.4 is 14.8 Å². The quantitative estimate of drug-likeness (QED) is 0.865. The minimum Gasteiger partial charge on any atom is -0.372 e. The van der Waals surface area contributed by atoms with E-state index in [1.807, 2.05) is 0 Å². The Balaban J connectivity index is 1.72. The highest BCUT2D eigenvalue weighted by atomic mass is 32.1. The third kappa shape index (κ3) is 3.67. The molecule has 2 aromatic rings. The Morgan fingerprint density at radius 3 is 2.48 bits per heavy atom. The molecule has 2 heterocycles. The standard InChI is InChI=1S/C18H25N3OS/c1-5-21-13(2)12-23-18(21)19-16-6-8-17(9-7-16)20-10-14(3)22-15(4)11-20/h6-9,12,14-15H,5,10-11H2,1-4H3/p+1/t14-,15-/m1/s1. The molecule has 23 heavy (non-hydrogen) atoms. The molecule has 0 unspecified atom stereocenters. The minimum atomic E-state index is 0.286. The maximum absolute atomic E-state index is 5.81. The van der Waals surface area contributed by atoms with Crippen molar-refractivity contribution in [2.75, 3.05) is 23.3 Å². The monoisotopic (exact) mass is 332 g/mol. The molecule has 1 aromatic heterocycles. The van der Waals surface area contributed by atoms with Crippen molar-refractivity contribution < 1.29 is 9.30 Å². The van der Waals surface area contributed by atoms with Gasteiger partial charge in [-0.15, -0.1) is 0 Å². The summed E-state index contributed by atoms with van der Waals surface area (Å²) in [6, 6.07) is 8.72. The zero-order valence-electron chi connectivity index (χ0n) is 14.4. The smallest absolute Gasteiger partial charge is 0.339 e. The number of nitrogens with zero attached hydrogens (tertiary/aromatic N) is 2. The molecule has 0 aliphatic carbocycles. The first kappa shape index (κ1) is 16.3. The van der Waals surface area contributed by atoms with Gasteiger partial charge in [0.15, 0.2) is 0 Å². The fraction of sp³-hybridized carbons (Fsp3) is 0.500. The van der Waals surface area contributed by atoms with Gasteiger partial charge >= 0.3 is 5.13 Å². The molecule has 1 saturated heterocycles. The molecule has 1 fully saturated rings. The van der Waals surface area contributed by atoms with Gasteiger partial charge in [-0.3, -0.25) is 0 Å². The Hall–Kier alpha value is -1.59. The number of nitrogens with one attached hydrogen (secondary N) is 1. The SMILES string of the molecule is CC[n+]1c(C)csc1Nc1ccc(N2C[C@@H](C)O[C@H](C)C2)cc1. The Bertz CT molecular complexity index is 643. The zero-order chi connectivity index (χ0) is 16.4. The minimum absolute atomic E-state index is 0.286. The van der Waals surface area contributed by atoms with E-state index in [1.165, 1.54) is 16.5 Å². The van der Waals surface area contributed by atoms with Crippen molar-refractivity contribution in [2.24, 2.45) is 0 Å². The number of ether oxygens (including phenoxy) is 1. The molecule has 0 bridgehead atoms. The maximum Gasteiger partial charge on any atom is 0.339 e. The van der Waals surface area contributed by atoms with Crippen LogP contribution in [0.1, 0.15) is 26.5 Å². The predicted octanol–water partition coefficient (Wildman–Crippen LogP) is 3.72. The second-order valence-corrected chi connectivity index (χ2v) is 7.12. The first-order chi connectivity index (χ1) is 11.1. The third-order valence-corrected chi connectivity index (χ3v) is 5.24. The van der Waals surface area contributed by atoms with Crippen LogP contribution in [0.15, 0.2) is 29.6 Å². The van der Waals surface area contributed by atoms with Crippen molar-refractivity contribution in [2.45, 2.75) is 46.4 Å². The van der Waals surface area contributed by atoms with Crippen molar-refractivity contribution in [3.63, 3.8) is 0 Å². The third-order valence-electron chi connectivity index (χ3n) is 4.23. The van der Waals surface area contributed by atoms with Crippen LogP contribution in [0, 0.1) is 6.92 Å². The van der Waals surface area contributed by atoms with Crippen molar-refractivity contribution in [1.29, 1.82) is 0 Å². The van der Waals surface area contributed by atoms with Crippen LogP contribution in [0.4, 0.5) is 16.5 Å². The van der Waals surface area contributed by atoms with Crippen LogP contribution in [0.2, 0.25) is 0 Å². The maximum atomic E-state index is 5.81. The molecule has 0 saturated carbocycles. The van der Waals surface area contributed by atoms with Gasteiger partial charge in [0.25, 0.3) is 0 Å². The number of anilines is 3. The van der Waals surface area contributed by atoms with E-state index in [1.54, 1.807) is 11.3 Å². The molecule has 1 N–H and O–H groups in total. The summed E-state index contributed by atoms with van der Waals surface area (Å²) in [7, 11) is 0. The highest BCUT2D eigenvalue weighted by molar-refractivity contribution is 7.13. The van der Waals surface area contributed by atoms with Crippen molar-refractivity contribution in [3.8, 4) is 0 Å². The molecule has 3 rings (SSSR count). The average Bonchev–Trinajstić information content (AvgIpc) is 2.87. The van der Waals surface area contributed by atoms with E-state index in [-0.39, 0.29) is 12.2 Å². The molecule has 1 aliphatic heterocycles. The molecule has 0 radical (unpaired) electrons. The van der Waals surface area contributed by atoms with Crippen LogP contribution in [-0.2, 0) is 11.3 Å². The van der Waals surface area contributed by atoms with Crippen LogP contribution in [0.5, 0.6) is 0 Å². The molecular formula is C18H26N3OS+. The summed E-state index contributed by atoms with van der Waals surface area (Å²) >= 11 is 1.75. The second kappa shape index (κ2) is 6.89. The van der Waals surface area contributed by atoms with Gasteiger partial charge in [0.2, 0.25) is 0 Å². The van der Waals surface area contributed by atoms with Gasteiger partial charge in [0.05, 0.1) is 18.8 Å². The van der Waals surface area contributed by atoms with Crippen LogP contribution in [0.25, 0.3) is 0 Å². The first-order valence-corrected chi connectivity index (χ1v) is 9.20. The molecule has 1 aromatic carbocycles. The molecule has 5 heteroatoms. The number of hydrogen-bond acceptors (Lipinski definition) is 4. The molecule has 2 atom stereocenters. The van der Waals surface area contributed by atoms with E-state index in [0.717, 1.165) is 25.3 Å². The van der Waals surface area contributed by atoms with E-state index in [9.17, 15) is 0 Å². The van der Waals surface area contributed by atoms with E-state index < -0.39 is 0 Å². The number of aromatic nitrogens is 1. The van der Waals surface area contributed by atoms with E-state index >= 15 is 0 Å². The number of rotatable bonds is 4. The Labute approximate surface area is 142 Å². The fourth-order valence-corrected chi connectivity index (χ4v) is 4.17. The van der Waals surface area contributed by atoms with Gasteiger partial charge in [-0.25, -0.2) is 9.88 Å². The molecule has 4 nitrogen and oxygen atoms in total. The number of hydrogen-bond donors (Lipinski definition) is 1. The van der Waals surface area contributed by atoms with Crippen LogP contribution >= 0.6 is 11.3 Å². The molecule has 1 aliphatic rings. The largest absolute Gasteiger partial charge is 0.372 e. The molecule has 124 valence electrons. The molecule has 0 spiro atoms. The van der Waals surface area contributed by atoms with Crippen molar-refractivity contribution in [1.82, 2.24) is 0 Å². The summed E-state index contributed by atoms with van der Waals surface area (Å²) in [6.07, 6.45) is 0.573. The zero-order valence-corrected chi connectivity index (χ0v) is 15.2. The first-order valence-electron chi connectivity index (χ1n) is 8.32. The summed E-state index contributed by atoms with van der Waals surface area (Å²) in [4.78, 5) is 2.41. The summed E-state index contributed by atoms with van der Waals surface area (Å²) in [6.45, 7) is 11.5. The Kier molecular flexibility index (Phi) is 4.87. The highest BCUT2D eigenvalue weighted by Crippen LogP contribution is 2.24. The van der Waals surface area contributed by atoms with Gasteiger partial charge < -0.3 is 9.64 Å². The van der Waals surface area contributed by atoms with E-state index in [4.69, 9.17) is 4.74 Å². The summed E-state index contributed by atoms with van der Waals surface area (Å²) in [5.41, 5.74) is 3.70. The fourth-order valence-electron chi connectivity index (χ4n) is 3.19. The summed E-state index contributed by atoms with van der Waals surface area (Å²) in [5, 5.41) is 6.91. The van der Waals surface area contributed by atoms with Crippen molar-refractivity contribution >= 4 is 27.8 Å². The Morgan fingerprint density at radius 2 is 1.87 bits per heavy atom. The van der Waals surface area contributed by atoms with Gasteiger partial charge in [-0.2, -0.15) is 0 Å². The van der Waals surface area contributed by atoms with E-state index in [2.05, 4.69) is 72.1 Å². The van der Waals surface area contributed by atoms with Gasteiger partial charge in [-0.05, 0) is 52.0 Å². The average molecular weight is 332 g/mol. The summed E-state index contributed by atoms with van der Waals surface area (Å²) < 4.78 is 8.11. The topological polar surface area (TPSA) is 28.4 Å². The molecular weight excluding hydrogens is 306 g/mol. The normalized spacial score (nSPS) is 21.5. The highest BCUT2D eigenvalue weighted by Gasteiger charge is 2.22. The lowest BCUT2D eigenvalue weighted by Gasteiger charge is -2.36. The van der Waals surface area contributed by atoms with Gasteiger partial charge in [0.1, 0.15) is 11.4 Å². The number of benzene rings is 1. The van der Waals surface area contributed by atoms with Crippen LogP contribution in [-0.4, -0.2) is 25.3 Å². The number of thiazole rings is 1. The van der Waals surface area contributed by atoms with E-state index in [0.29, 0.717) is 0 Å². The van der Waals surface area contributed by atoms with Crippen molar-refractivity contribution in [3.05, 3.63) is 35.3 Å². The second-order valence-electron chi connectivity index (χ2n) is 6.26. The summed E-state index contributed by atoms with van der Waals surface area (Å²) in [5.74, 6) is 0. The lowest BCUT2D eigenvalue weighted by molar-refractivity contribution is -0.681. The number of aryl methyl sites for hydroxylation is 1. The Morgan fingerprint density at radius 1 is 1.22 bits per heavy atom. The van der Waals surface area contributed by atoms with Gasteiger partial charge in [-0.1, -0.05) is 11.3 Å².